The van der Waals surface area contributed by atoms with Crippen molar-refractivity contribution in [1.82, 2.24) is 4.90 Å². The van der Waals surface area contributed by atoms with Crippen molar-refractivity contribution in [2.75, 3.05) is 25.5 Å². The molecule has 21 heavy (non-hydrogen) atoms. The topological polar surface area (TPSA) is 55.6 Å². The average Bonchev–Trinajstić information content (AvgIpc) is 2.76. The van der Waals surface area contributed by atoms with Crippen LogP contribution in [-0.4, -0.2) is 36.1 Å². The van der Waals surface area contributed by atoms with Gasteiger partial charge < -0.3 is 15.4 Å². The molecule has 0 saturated carbocycles. The fraction of sp³-hybridized carbons (Fsp3) is 0.400. The van der Waals surface area contributed by atoms with Crippen LogP contribution in [0.5, 0.6) is 0 Å². The van der Waals surface area contributed by atoms with E-state index in [4.69, 9.17) is 22.1 Å². The molecule has 1 aromatic heterocycles. The molecule has 0 unspecified atom stereocenters. The van der Waals surface area contributed by atoms with Gasteiger partial charge in [-0.15, -0.1) is 11.3 Å². The van der Waals surface area contributed by atoms with Crippen molar-refractivity contribution in [2.24, 2.45) is 0 Å². The lowest BCUT2D eigenvalue weighted by atomic mass is 10.0. The minimum absolute atomic E-state index is 0.0435. The average molecular weight is 325 g/mol. The van der Waals surface area contributed by atoms with E-state index in [1.165, 1.54) is 11.3 Å². The van der Waals surface area contributed by atoms with Gasteiger partial charge in [0, 0.05) is 16.6 Å². The van der Waals surface area contributed by atoms with Crippen LogP contribution in [0.2, 0.25) is 5.02 Å². The summed E-state index contributed by atoms with van der Waals surface area (Å²) in [5.74, 6) is -0.0435. The first-order valence-electron chi connectivity index (χ1n) is 6.78. The quantitative estimate of drug-likeness (QED) is 0.874. The number of nitrogens with zero attached hydrogens (tertiary/aromatic N) is 1. The van der Waals surface area contributed by atoms with Crippen LogP contribution in [0, 0.1) is 0 Å². The number of anilines is 1. The molecule has 1 amide bonds. The lowest BCUT2D eigenvalue weighted by Gasteiger charge is -2.41. The summed E-state index contributed by atoms with van der Waals surface area (Å²) < 4.78 is 6.41. The number of ether oxygens (including phenoxy) is 1. The molecule has 2 N–H and O–H groups in total. The number of rotatable bonds is 1. The molecular weight excluding hydrogens is 308 g/mol. The molecule has 1 aliphatic heterocycles. The summed E-state index contributed by atoms with van der Waals surface area (Å²) in [7, 11) is 0. The molecule has 0 spiro atoms. The third kappa shape index (κ3) is 2.39. The zero-order valence-corrected chi connectivity index (χ0v) is 13.6. The Morgan fingerprint density at radius 1 is 1.48 bits per heavy atom. The first kappa shape index (κ1) is 14.6. The van der Waals surface area contributed by atoms with Crippen molar-refractivity contribution in [2.45, 2.75) is 19.4 Å². The number of benzene rings is 1. The van der Waals surface area contributed by atoms with E-state index in [0.29, 0.717) is 35.3 Å². The molecule has 1 saturated heterocycles. The van der Waals surface area contributed by atoms with Gasteiger partial charge in [0.2, 0.25) is 0 Å². The van der Waals surface area contributed by atoms with E-state index in [1.807, 2.05) is 30.9 Å². The SMILES string of the molecule is CC1(C)COCCN1C(=O)c1sc2cccc(Cl)c2c1N. The highest BCUT2D eigenvalue weighted by atomic mass is 35.5. The number of hydrogen-bond acceptors (Lipinski definition) is 4. The monoisotopic (exact) mass is 324 g/mol. The number of hydrogen-bond donors (Lipinski definition) is 1. The minimum atomic E-state index is -0.332. The van der Waals surface area contributed by atoms with Crippen molar-refractivity contribution >= 4 is 44.6 Å². The normalized spacial score (nSPS) is 18.1. The van der Waals surface area contributed by atoms with Crippen LogP contribution < -0.4 is 5.73 Å². The first-order valence-corrected chi connectivity index (χ1v) is 7.97. The summed E-state index contributed by atoms with van der Waals surface area (Å²) >= 11 is 7.60. The Labute approximate surface area is 132 Å². The van der Waals surface area contributed by atoms with Gasteiger partial charge in [-0.25, -0.2) is 0 Å². The minimum Gasteiger partial charge on any atom is -0.397 e. The van der Waals surface area contributed by atoms with Gasteiger partial charge in [-0.1, -0.05) is 17.7 Å². The molecule has 0 atom stereocenters. The van der Waals surface area contributed by atoms with Gasteiger partial charge in [-0.3, -0.25) is 4.79 Å². The molecule has 1 fully saturated rings. The van der Waals surface area contributed by atoms with E-state index < -0.39 is 0 Å². The van der Waals surface area contributed by atoms with Gasteiger partial charge in [0.25, 0.3) is 5.91 Å². The second-order valence-corrected chi connectivity index (χ2v) is 7.24. The van der Waals surface area contributed by atoms with E-state index in [9.17, 15) is 4.79 Å². The molecule has 0 radical (unpaired) electrons. The second-order valence-electron chi connectivity index (χ2n) is 5.78. The predicted octanol–water partition coefficient (Wildman–Crippen LogP) is 3.39. The fourth-order valence-corrected chi connectivity index (χ4v) is 4.08. The van der Waals surface area contributed by atoms with Gasteiger partial charge in [-0.2, -0.15) is 0 Å². The summed E-state index contributed by atoms with van der Waals surface area (Å²) in [5, 5.41) is 1.36. The molecule has 1 aliphatic rings. The number of carbonyl (C=O) groups excluding carboxylic acids is 1. The van der Waals surface area contributed by atoms with Crippen LogP contribution in [0.1, 0.15) is 23.5 Å². The maximum atomic E-state index is 12.9. The van der Waals surface area contributed by atoms with Gasteiger partial charge in [0.1, 0.15) is 4.88 Å². The maximum Gasteiger partial charge on any atom is 0.266 e. The molecule has 0 aliphatic carbocycles. The number of amides is 1. The van der Waals surface area contributed by atoms with E-state index in [2.05, 4.69) is 0 Å². The molecule has 2 heterocycles. The highest BCUT2D eigenvalue weighted by molar-refractivity contribution is 7.21. The first-order chi connectivity index (χ1) is 9.92. The van der Waals surface area contributed by atoms with Crippen LogP contribution in [-0.2, 0) is 4.74 Å². The number of nitrogens with two attached hydrogens (primary N) is 1. The van der Waals surface area contributed by atoms with Crippen LogP contribution in [0.3, 0.4) is 0 Å². The Hall–Kier alpha value is -1.30. The highest BCUT2D eigenvalue weighted by Gasteiger charge is 2.36. The molecule has 4 nitrogen and oxygen atoms in total. The van der Waals surface area contributed by atoms with E-state index in [-0.39, 0.29) is 11.4 Å². The lowest BCUT2D eigenvalue weighted by Crippen LogP contribution is -2.55. The van der Waals surface area contributed by atoms with Crippen molar-refractivity contribution in [1.29, 1.82) is 0 Å². The predicted molar refractivity (Wildman–Crippen MR) is 87.2 cm³/mol. The zero-order chi connectivity index (χ0) is 15.2. The molecule has 3 rings (SSSR count). The van der Waals surface area contributed by atoms with Gasteiger partial charge in [-0.05, 0) is 26.0 Å². The van der Waals surface area contributed by atoms with Crippen LogP contribution >= 0.6 is 22.9 Å². The molecular formula is C15H17ClN2O2S. The lowest BCUT2D eigenvalue weighted by molar-refractivity contribution is -0.0368. The largest absolute Gasteiger partial charge is 0.397 e. The summed E-state index contributed by atoms with van der Waals surface area (Å²) in [6, 6.07) is 5.59. The molecule has 112 valence electrons. The Morgan fingerprint density at radius 2 is 2.24 bits per heavy atom. The van der Waals surface area contributed by atoms with Crippen molar-refractivity contribution in [3.05, 3.63) is 28.1 Å². The van der Waals surface area contributed by atoms with Crippen LogP contribution in [0.15, 0.2) is 18.2 Å². The maximum absolute atomic E-state index is 12.9. The molecule has 0 bridgehead atoms. The Morgan fingerprint density at radius 3 is 2.90 bits per heavy atom. The smallest absolute Gasteiger partial charge is 0.266 e. The number of halogens is 1. The summed E-state index contributed by atoms with van der Waals surface area (Å²) in [4.78, 5) is 15.3. The van der Waals surface area contributed by atoms with Crippen molar-refractivity contribution in [3.63, 3.8) is 0 Å². The van der Waals surface area contributed by atoms with Crippen molar-refractivity contribution in [3.8, 4) is 0 Å². The number of fused-ring (bicyclic) bond motifs is 1. The van der Waals surface area contributed by atoms with Gasteiger partial charge in [0.15, 0.2) is 0 Å². The second kappa shape index (κ2) is 5.16. The molecule has 2 aromatic rings. The van der Waals surface area contributed by atoms with E-state index >= 15 is 0 Å². The van der Waals surface area contributed by atoms with Crippen molar-refractivity contribution < 1.29 is 9.53 Å². The summed E-state index contributed by atoms with van der Waals surface area (Å²) in [6.07, 6.45) is 0. The Balaban J connectivity index is 2.06. The Kier molecular flexibility index (Phi) is 3.59. The molecule has 6 heteroatoms. The van der Waals surface area contributed by atoms with E-state index in [0.717, 1.165) is 10.1 Å². The third-order valence-corrected chi connectivity index (χ3v) is 5.26. The summed E-state index contributed by atoms with van der Waals surface area (Å²) in [5.41, 5.74) is 6.33. The number of nitrogen functional groups attached to an aromatic ring is 1. The number of carbonyl (C=O) groups is 1. The van der Waals surface area contributed by atoms with Gasteiger partial charge in [0.05, 0.1) is 29.5 Å². The zero-order valence-electron chi connectivity index (χ0n) is 12.0. The van der Waals surface area contributed by atoms with Gasteiger partial charge >= 0.3 is 0 Å². The number of thiophene rings is 1. The summed E-state index contributed by atoms with van der Waals surface area (Å²) in [6.45, 7) is 5.67. The fourth-order valence-electron chi connectivity index (χ4n) is 2.65. The van der Waals surface area contributed by atoms with E-state index in [1.54, 1.807) is 6.07 Å². The van der Waals surface area contributed by atoms with Crippen LogP contribution in [0.25, 0.3) is 10.1 Å². The highest BCUT2D eigenvalue weighted by Crippen LogP contribution is 2.39. The Bertz CT molecular complexity index is 711. The third-order valence-electron chi connectivity index (χ3n) is 3.79. The van der Waals surface area contributed by atoms with Crippen LogP contribution in [0.4, 0.5) is 5.69 Å². The number of morpholine rings is 1. The standard InChI is InChI=1S/C15H17ClN2O2S/c1-15(2)8-20-7-6-18(15)14(19)13-12(17)11-9(16)4-3-5-10(11)21-13/h3-5H,6-8,17H2,1-2H3. The molecule has 1 aromatic carbocycles.